The van der Waals surface area contributed by atoms with Crippen molar-refractivity contribution in [1.29, 1.82) is 0 Å². The van der Waals surface area contributed by atoms with E-state index in [1.807, 2.05) is 0 Å². The average Bonchev–Trinajstić information content (AvgIpc) is 2.17. The third kappa shape index (κ3) is 1.12. The maximum Gasteiger partial charge on any atom is 0.189 e. The van der Waals surface area contributed by atoms with E-state index in [2.05, 4.69) is 4.74 Å². The van der Waals surface area contributed by atoms with Gasteiger partial charge in [0.15, 0.2) is 18.6 Å². The molecule has 0 aromatic carbocycles. The fourth-order valence-electron chi connectivity index (χ4n) is 0.835. The van der Waals surface area contributed by atoms with Crippen molar-refractivity contribution in [3.05, 3.63) is 0 Å². The largest absolute Gasteiger partial charge is 0.394 e. The van der Waals surface area contributed by atoms with E-state index in [0.29, 0.717) is 0 Å². The van der Waals surface area contributed by atoms with Gasteiger partial charge in [0, 0.05) is 0 Å². The molecule has 1 saturated heterocycles. The molecule has 1 aliphatic heterocycles. The van der Waals surface area contributed by atoms with E-state index < -0.39 is 31.3 Å². The number of alkyl halides is 2. The van der Waals surface area contributed by atoms with E-state index in [0.717, 1.165) is 0 Å². The molecule has 0 bridgehead atoms. The monoisotopic (exact) mass is 154 g/mol. The van der Waals surface area contributed by atoms with Crippen LogP contribution < -0.4 is 0 Å². The minimum Gasteiger partial charge on any atom is -0.394 e. The Morgan fingerprint density at radius 1 is 1.30 bits per heavy atom. The van der Waals surface area contributed by atoms with Crippen molar-refractivity contribution < 1.29 is 23.7 Å². The Kier molecular flexibility index (Phi) is 2.18. The van der Waals surface area contributed by atoms with E-state index >= 15 is 0 Å². The van der Waals surface area contributed by atoms with Gasteiger partial charge in [-0.1, -0.05) is 0 Å². The molecule has 4 unspecified atom stereocenters. The molecule has 1 aliphatic rings. The maximum absolute atomic E-state index is 12.4. The zero-order chi connectivity index (χ0) is 7.72. The van der Waals surface area contributed by atoms with Crippen molar-refractivity contribution >= 4 is 0 Å². The SMILES string of the molecule is OCC1OC(O)C(F)C1F. The summed E-state index contributed by atoms with van der Waals surface area (Å²) in [6, 6.07) is 0. The van der Waals surface area contributed by atoms with Gasteiger partial charge in [-0.15, -0.1) is 0 Å². The highest BCUT2D eigenvalue weighted by Gasteiger charge is 2.44. The van der Waals surface area contributed by atoms with Gasteiger partial charge in [-0.2, -0.15) is 0 Å². The molecule has 0 spiro atoms. The molecular formula is C5H8F2O3. The molecule has 60 valence electrons. The standard InChI is InChI=1S/C5H8F2O3/c6-3-2(1-8)10-5(9)4(3)7/h2-5,8-9H,1H2. The summed E-state index contributed by atoms with van der Waals surface area (Å²) in [7, 11) is 0. The van der Waals surface area contributed by atoms with Crippen LogP contribution in [-0.4, -0.2) is 41.6 Å². The van der Waals surface area contributed by atoms with Crippen molar-refractivity contribution in [1.82, 2.24) is 0 Å². The van der Waals surface area contributed by atoms with Gasteiger partial charge in [-0.3, -0.25) is 0 Å². The summed E-state index contributed by atoms with van der Waals surface area (Å²) in [5, 5.41) is 16.9. The Morgan fingerprint density at radius 2 is 1.90 bits per heavy atom. The van der Waals surface area contributed by atoms with Gasteiger partial charge in [0.1, 0.15) is 6.10 Å². The zero-order valence-corrected chi connectivity index (χ0v) is 5.08. The number of hydrogen-bond donors (Lipinski definition) is 2. The first kappa shape index (κ1) is 7.84. The van der Waals surface area contributed by atoms with E-state index in [1.54, 1.807) is 0 Å². The zero-order valence-electron chi connectivity index (χ0n) is 5.08. The molecule has 0 amide bonds. The van der Waals surface area contributed by atoms with Crippen molar-refractivity contribution in [2.24, 2.45) is 0 Å². The number of ether oxygens (including phenoxy) is 1. The summed E-state index contributed by atoms with van der Waals surface area (Å²) in [5.74, 6) is 0. The lowest BCUT2D eigenvalue weighted by Gasteiger charge is -2.05. The van der Waals surface area contributed by atoms with Gasteiger partial charge in [-0.25, -0.2) is 8.78 Å². The van der Waals surface area contributed by atoms with Crippen LogP contribution >= 0.6 is 0 Å². The van der Waals surface area contributed by atoms with E-state index in [1.165, 1.54) is 0 Å². The van der Waals surface area contributed by atoms with Gasteiger partial charge in [0.05, 0.1) is 6.61 Å². The molecular weight excluding hydrogens is 146 g/mol. The fourth-order valence-corrected chi connectivity index (χ4v) is 0.835. The summed E-state index contributed by atoms with van der Waals surface area (Å²) >= 11 is 0. The number of rotatable bonds is 1. The van der Waals surface area contributed by atoms with Crippen LogP contribution in [0.15, 0.2) is 0 Å². The highest BCUT2D eigenvalue weighted by Crippen LogP contribution is 2.24. The summed E-state index contributed by atoms with van der Waals surface area (Å²) in [6.45, 7) is -0.612. The first-order valence-corrected chi connectivity index (χ1v) is 2.89. The molecule has 1 heterocycles. The van der Waals surface area contributed by atoms with Gasteiger partial charge in [0.25, 0.3) is 0 Å². The van der Waals surface area contributed by atoms with Gasteiger partial charge in [-0.05, 0) is 0 Å². The Hall–Kier alpha value is -0.260. The van der Waals surface area contributed by atoms with Crippen LogP contribution in [-0.2, 0) is 4.74 Å². The molecule has 0 saturated carbocycles. The fraction of sp³-hybridized carbons (Fsp3) is 1.00. The molecule has 2 N–H and O–H groups in total. The first-order chi connectivity index (χ1) is 4.66. The Labute approximate surface area is 56.2 Å². The second-order valence-corrected chi connectivity index (χ2v) is 2.14. The van der Waals surface area contributed by atoms with Crippen LogP contribution in [0.2, 0.25) is 0 Å². The van der Waals surface area contributed by atoms with Crippen molar-refractivity contribution in [3.8, 4) is 0 Å². The highest BCUT2D eigenvalue weighted by molar-refractivity contribution is 4.85. The third-order valence-electron chi connectivity index (χ3n) is 1.43. The number of hydrogen-bond acceptors (Lipinski definition) is 3. The molecule has 4 atom stereocenters. The Bertz CT molecular complexity index is 121. The number of aliphatic hydroxyl groups excluding tert-OH is 2. The molecule has 3 nitrogen and oxygen atoms in total. The molecule has 1 rings (SSSR count). The predicted molar refractivity (Wildman–Crippen MR) is 27.8 cm³/mol. The quantitative estimate of drug-likeness (QED) is 0.528. The van der Waals surface area contributed by atoms with Crippen LogP contribution in [0.5, 0.6) is 0 Å². The van der Waals surface area contributed by atoms with E-state index in [9.17, 15) is 8.78 Å². The maximum atomic E-state index is 12.4. The van der Waals surface area contributed by atoms with Gasteiger partial charge < -0.3 is 14.9 Å². The molecule has 1 fully saturated rings. The topological polar surface area (TPSA) is 49.7 Å². The molecule has 0 radical (unpaired) electrons. The minimum atomic E-state index is -2.03. The summed E-state index contributed by atoms with van der Waals surface area (Å²) < 4.78 is 29.0. The molecule has 10 heavy (non-hydrogen) atoms. The third-order valence-corrected chi connectivity index (χ3v) is 1.43. The predicted octanol–water partition coefficient (Wildman–Crippen LogP) is -0.628. The Balaban J connectivity index is 2.53. The molecule has 0 aromatic heterocycles. The van der Waals surface area contributed by atoms with Gasteiger partial charge >= 0.3 is 0 Å². The average molecular weight is 154 g/mol. The van der Waals surface area contributed by atoms with Crippen molar-refractivity contribution in [3.63, 3.8) is 0 Å². The van der Waals surface area contributed by atoms with Gasteiger partial charge in [0.2, 0.25) is 0 Å². The van der Waals surface area contributed by atoms with E-state index in [-0.39, 0.29) is 0 Å². The highest BCUT2D eigenvalue weighted by atomic mass is 19.2. The second kappa shape index (κ2) is 2.77. The van der Waals surface area contributed by atoms with Crippen LogP contribution in [0.25, 0.3) is 0 Å². The van der Waals surface area contributed by atoms with E-state index in [4.69, 9.17) is 10.2 Å². The summed E-state index contributed by atoms with van der Waals surface area (Å²) in [4.78, 5) is 0. The lowest BCUT2D eigenvalue weighted by atomic mass is 10.2. The second-order valence-electron chi connectivity index (χ2n) is 2.14. The first-order valence-electron chi connectivity index (χ1n) is 2.89. The smallest absolute Gasteiger partial charge is 0.189 e. The Morgan fingerprint density at radius 3 is 2.10 bits per heavy atom. The minimum absolute atomic E-state index is 0.612. The summed E-state index contributed by atoms with van der Waals surface area (Å²) in [6.07, 6.45) is -6.89. The number of aliphatic hydroxyl groups is 2. The summed E-state index contributed by atoms with van der Waals surface area (Å²) in [5.41, 5.74) is 0. The molecule has 0 aliphatic carbocycles. The van der Waals surface area contributed by atoms with Crippen molar-refractivity contribution in [2.45, 2.75) is 24.7 Å². The lowest BCUT2D eigenvalue weighted by molar-refractivity contribution is -0.120. The van der Waals surface area contributed by atoms with Crippen LogP contribution in [0, 0.1) is 0 Å². The lowest BCUT2D eigenvalue weighted by Crippen LogP contribution is -2.26. The molecule has 5 heteroatoms. The normalized spacial score (nSPS) is 48.0. The van der Waals surface area contributed by atoms with Crippen LogP contribution in [0.1, 0.15) is 0 Å². The van der Waals surface area contributed by atoms with Crippen molar-refractivity contribution in [2.75, 3.05) is 6.61 Å². The molecule has 0 aromatic rings. The van der Waals surface area contributed by atoms with Crippen LogP contribution in [0.4, 0.5) is 8.78 Å². The van der Waals surface area contributed by atoms with Crippen LogP contribution in [0.3, 0.4) is 0 Å². The number of halogens is 2.